The number of aryl methyl sites for hydroxylation is 2. The van der Waals surface area contributed by atoms with E-state index in [0.29, 0.717) is 22.2 Å². The molecule has 4 rings (SSSR count). The number of nitrogens with zero attached hydrogens (tertiary/aromatic N) is 6. The number of hydrogen-bond acceptors (Lipinski definition) is 7. The summed E-state index contributed by atoms with van der Waals surface area (Å²) >= 11 is 6.42. The van der Waals surface area contributed by atoms with Crippen LogP contribution in [0.4, 0.5) is 11.6 Å². The molecule has 150 valence electrons. The van der Waals surface area contributed by atoms with Crippen LogP contribution in [0.15, 0.2) is 36.8 Å². The normalized spacial score (nSPS) is 12.0. The smallest absolute Gasteiger partial charge is 0.174 e. The minimum Gasteiger partial charge on any atom is -0.382 e. The predicted molar refractivity (Wildman–Crippen MR) is 116 cm³/mol. The van der Waals surface area contributed by atoms with E-state index in [1.54, 1.807) is 4.52 Å². The van der Waals surface area contributed by atoms with Crippen molar-refractivity contribution < 1.29 is 0 Å². The molecular formula is C21H19ClN8. The molecule has 30 heavy (non-hydrogen) atoms. The Bertz CT molecular complexity index is 1300. The highest BCUT2D eigenvalue weighted by molar-refractivity contribution is 6.34. The van der Waals surface area contributed by atoms with E-state index in [1.165, 1.54) is 6.33 Å². The summed E-state index contributed by atoms with van der Waals surface area (Å²) < 4.78 is 1.67. The molecular weight excluding hydrogens is 400 g/mol. The van der Waals surface area contributed by atoms with Gasteiger partial charge in [0.05, 0.1) is 17.4 Å². The van der Waals surface area contributed by atoms with E-state index < -0.39 is 0 Å². The summed E-state index contributed by atoms with van der Waals surface area (Å²) in [6, 6.07) is 9.87. The van der Waals surface area contributed by atoms with E-state index in [1.807, 2.05) is 45.2 Å². The molecule has 9 heteroatoms. The highest BCUT2D eigenvalue weighted by Gasteiger charge is 2.20. The van der Waals surface area contributed by atoms with Crippen molar-refractivity contribution in [1.29, 1.82) is 5.26 Å². The Hall–Kier alpha value is -3.70. The first-order chi connectivity index (χ1) is 14.4. The molecule has 8 nitrogen and oxygen atoms in total. The molecule has 3 aromatic heterocycles. The van der Waals surface area contributed by atoms with Crippen LogP contribution in [-0.2, 0) is 0 Å². The van der Waals surface area contributed by atoms with Gasteiger partial charge in [-0.15, -0.1) is 0 Å². The Balaban J connectivity index is 1.88. The molecule has 0 saturated carbocycles. The largest absolute Gasteiger partial charge is 0.382 e. The molecule has 0 radical (unpaired) electrons. The summed E-state index contributed by atoms with van der Waals surface area (Å²) in [5.74, 6) is 0.492. The first-order valence-corrected chi connectivity index (χ1v) is 9.66. The number of fused-ring (bicyclic) bond motifs is 1. The van der Waals surface area contributed by atoms with Gasteiger partial charge in [-0.1, -0.05) is 35.4 Å². The fourth-order valence-corrected chi connectivity index (χ4v) is 3.48. The lowest BCUT2D eigenvalue weighted by atomic mass is 10.0. The van der Waals surface area contributed by atoms with Gasteiger partial charge < -0.3 is 11.1 Å². The molecule has 3 heterocycles. The van der Waals surface area contributed by atoms with E-state index in [2.05, 4.69) is 32.5 Å². The van der Waals surface area contributed by atoms with Crippen molar-refractivity contribution in [2.45, 2.75) is 26.8 Å². The van der Waals surface area contributed by atoms with Crippen molar-refractivity contribution in [3.63, 3.8) is 0 Å². The van der Waals surface area contributed by atoms with Gasteiger partial charge in [0.15, 0.2) is 5.65 Å². The van der Waals surface area contributed by atoms with Crippen LogP contribution in [0.25, 0.3) is 16.9 Å². The van der Waals surface area contributed by atoms with Gasteiger partial charge in [0.25, 0.3) is 0 Å². The highest BCUT2D eigenvalue weighted by atomic mass is 35.5. The fraction of sp³-hybridized carbons (Fsp3) is 0.190. The molecule has 0 unspecified atom stereocenters. The van der Waals surface area contributed by atoms with Crippen molar-refractivity contribution in [3.05, 3.63) is 64.2 Å². The fourth-order valence-electron chi connectivity index (χ4n) is 3.31. The van der Waals surface area contributed by atoms with Crippen LogP contribution in [0.2, 0.25) is 5.02 Å². The molecule has 0 amide bonds. The number of anilines is 2. The van der Waals surface area contributed by atoms with E-state index >= 15 is 0 Å². The first-order valence-electron chi connectivity index (χ1n) is 9.28. The Labute approximate surface area is 178 Å². The molecule has 0 aliphatic rings. The van der Waals surface area contributed by atoms with Crippen molar-refractivity contribution in [3.8, 4) is 17.3 Å². The van der Waals surface area contributed by atoms with Gasteiger partial charge in [-0.05, 0) is 26.8 Å². The van der Waals surface area contributed by atoms with Crippen LogP contribution in [0.5, 0.6) is 0 Å². The highest BCUT2D eigenvalue weighted by Crippen LogP contribution is 2.32. The number of benzene rings is 1. The number of nitrogens with two attached hydrogens (primary N) is 1. The van der Waals surface area contributed by atoms with Crippen molar-refractivity contribution in [1.82, 2.24) is 24.6 Å². The van der Waals surface area contributed by atoms with Gasteiger partial charge in [-0.3, -0.25) is 0 Å². The third kappa shape index (κ3) is 3.40. The molecule has 1 atom stereocenters. The molecule has 0 spiro atoms. The third-order valence-corrected chi connectivity index (χ3v) is 5.28. The Morgan fingerprint density at radius 2 is 2.07 bits per heavy atom. The maximum atomic E-state index is 9.43. The van der Waals surface area contributed by atoms with Crippen LogP contribution in [0.3, 0.4) is 0 Å². The van der Waals surface area contributed by atoms with Crippen LogP contribution < -0.4 is 11.1 Å². The number of rotatable bonds is 4. The van der Waals surface area contributed by atoms with Crippen LogP contribution in [0, 0.1) is 25.2 Å². The van der Waals surface area contributed by atoms with Gasteiger partial charge in [0.1, 0.15) is 34.6 Å². The summed E-state index contributed by atoms with van der Waals surface area (Å²) in [4.78, 5) is 12.9. The average Bonchev–Trinajstić information content (AvgIpc) is 3.00. The molecule has 3 N–H and O–H groups in total. The second-order valence-electron chi connectivity index (χ2n) is 7.04. The Morgan fingerprint density at radius 3 is 2.80 bits per heavy atom. The molecule has 0 aliphatic heterocycles. The summed E-state index contributed by atoms with van der Waals surface area (Å²) in [6.07, 6.45) is 3.22. The number of halogens is 1. The predicted octanol–water partition coefficient (Wildman–Crippen LogP) is 4.08. The SMILES string of the molecule is Cc1cccc(-c2nc3c(Cl)c(C)nn3cc2[C@H](C)Nc2ncnc(N)c2C#N)c1. The minimum atomic E-state index is -0.262. The van der Waals surface area contributed by atoms with Crippen LogP contribution in [-0.4, -0.2) is 24.6 Å². The van der Waals surface area contributed by atoms with Gasteiger partial charge >= 0.3 is 0 Å². The first kappa shape index (κ1) is 19.6. The van der Waals surface area contributed by atoms with E-state index in [-0.39, 0.29) is 17.4 Å². The molecule has 0 fully saturated rings. The van der Waals surface area contributed by atoms with Gasteiger partial charge in [-0.2, -0.15) is 10.4 Å². The van der Waals surface area contributed by atoms with Gasteiger partial charge in [0, 0.05) is 17.3 Å². The average molecular weight is 419 g/mol. The number of nitrogen functional groups attached to an aromatic ring is 1. The summed E-state index contributed by atoms with van der Waals surface area (Å²) in [5.41, 5.74) is 11.0. The topological polar surface area (TPSA) is 118 Å². The summed E-state index contributed by atoms with van der Waals surface area (Å²) in [5, 5.41) is 17.7. The summed E-state index contributed by atoms with van der Waals surface area (Å²) in [7, 11) is 0. The molecule has 4 aromatic rings. The Kier molecular flexibility index (Phi) is 4.98. The number of nitriles is 1. The number of nitrogens with one attached hydrogen (secondary N) is 1. The van der Waals surface area contributed by atoms with Crippen molar-refractivity contribution in [2.75, 3.05) is 11.1 Å². The van der Waals surface area contributed by atoms with E-state index in [0.717, 1.165) is 22.4 Å². The van der Waals surface area contributed by atoms with Gasteiger partial charge in [0.2, 0.25) is 0 Å². The maximum absolute atomic E-state index is 9.43. The number of aromatic nitrogens is 5. The summed E-state index contributed by atoms with van der Waals surface area (Å²) in [6.45, 7) is 5.83. The standard InChI is InChI=1S/C21H19ClN8/c1-11-5-4-6-14(7-11)18-16(9-30-21(28-18)17(22)13(3)29-30)12(2)27-20-15(8-23)19(24)25-10-26-20/h4-7,9-10,12H,1-3H3,(H3,24,25,26,27)/t12-/m0/s1. The molecule has 0 bridgehead atoms. The van der Waals surface area contributed by atoms with Crippen LogP contribution in [0.1, 0.15) is 35.3 Å². The molecule has 0 aliphatic carbocycles. The zero-order chi connectivity index (χ0) is 21.4. The van der Waals surface area contributed by atoms with E-state index in [4.69, 9.17) is 22.3 Å². The Morgan fingerprint density at radius 1 is 1.27 bits per heavy atom. The van der Waals surface area contributed by atoms with Gasteiger partial charge in [-0.25, -0.2) is 19.5 Å². The second kappa shape index (κ2) is 7.61. The number of hydrogen-bond donors (Lipinski definition) is 2. The zero-order valence-corrected chi connectivity index (χ0v) is 17.4. The van der Waals surface area contributed by atoms with Crippen molar-refractivity contribution >= 4 is 28.9 Å². The van der Waals surface area contributed by atoms with E-state index in [9.17, 15) is 5.26 Å². The van der Waals surface area contributed by atoms with Crippen LogP contribution >= 0.6 is 11.6 Å². The second-order valence-corrected chi connectivity index (χ2v) is 7.42. The molecule has 1 aromatic carbocycles. The quantitative estimate of drug-likeness (QED) is 0.512. The molecule has 0 saturated heterocycles. The monoisotopic (exact) mass is 418 g/mol. The lowest BCUT2D eigenvalue weighted by molar-refractivity contribution is 0.825. The van der Waals surface area contributed by atoms with Crippen molar-refractivity contribution in [2.24, 2.45) is 0 Å². The minimum absolute atomic E-state index is 0.129. The lowest BCUT2D eigenvalue weighted by Crippen LogP contribution is -2.14. The maximum Gasteiger partial charge on any atom is 0.174 e. The lowest BCUT2D eigenvalue weighted by Gasteiger charge is -2.19. The third-order valence-electron chi connectivity index (χ3n) is 4.84. The zero-order valence-electron chi connectivity index (χ0n) is 16.7.